The Morgan fingerprint density at radius 3 is 2.41 bits per heavy atom. The van der Waals surface area contributed by atoms with Crippen LogP contribution in [0.3, 0.4) is 0 Å². The molecule has 0 aliphatic heterocycles. The summed E-state index contributed by atoms with van der Waals surface area (Å²) in [6.45, 7) is 8.23. The molecule has 0 saturated heterocycles. The second kappa shape index (κ2) is 13.4. The standard InChI is InChI=1S/C24H31Cl2N5O6/c1-14(2)20(30-19(33)13-28-23(35)36-24(3,4)5)17(32)8-11-31(22(34)21(25)26)15-6-9-27-16(12-15)18-7-10-29-37-18/h6-7,9-10,12,14,20-21H,8,11,13H2,1-5H3,(H,28,35)(H,30,33). The number of alkyl halides is 2. The van der Waals surface area contributed by atoms with Crippen LogP contribution in [-0.2, 0) is 19.1 Å². The van der Waals surface area contributed by atoms with Crippen molar-refractivity contribution in [1.82, 2.24) is 20.8 Å². The van der Waals surface area contributed by atoms with E-state index in [0.29, 0.717) is 17.1 Å². The van der Waals surface area contributed by atoms with Crippen LogP contribution in [0.25, 0.3) is 11.5 Å². The number of pyridine rings is 1. The van der Waals surface area contributed by atoms with Crippen molar-refractivity contribution in [3.05, 3.63) is 30.6 Å². The predicted molar refractivity (Wildman–Crippen MR) is 138 cm³/mol. The Morgan fingerprint density at radius 2 is 1.84 bits per heavy atom. The summed E-state index contributed by atoms with van der Waals surface area (Å²) in [6, 6.07) is 3.92. The first-order valence-corrected chi connectivity index (χ1v) is 12.4. The Balaban J connectivity index is 2.08. The van der Waals surface area contributed by atoms with Crippen LogP contribution in [0.4, 0.5) is 10.5 Å². The normalized spacial score (nSPS) is 12.2. The third kappa shape index (κ3) is 9.66. The summed E-state index contributed by atoms with van der Waals surface area (Å²) in [5.74, 6) is -1.37. The zero-order valence-electron chi connectivity index (χ0n) is 21.3. The van der Waals surface area contributed by atoms with Crippen LogP contribution in [0.5, 0.6) is 0 Å². The lowest BCUT2D eigenvalue weighted by Gasteiger charge is -2.26. The number of hydrogen-bond donors (Lipinski definition) is 2. The van der Waals surface area contributed by atoms with E-state index in [9.17, 15) is 19.2 Å². The number of rotatable bonds is 11. The molecule has 1 unspecified atom stereocenters. The smallest absolute Gasteiger partial charge is 0.408 e. The number of Topliss-reactive ketones (excluding diaryl/α,β-unsaturated/α-hetero) is 1. The lowest BCUT2D eigenvalue weighted by Crippen LogP contribution is -2.49. The summed E-state index contributed by atoms with van der Waals surface area (Å²) < 4.78 is 10.2. The fourth-order valence-electron chi connectivity index (χ4n) is 3.24. The molecule has 0 bridgehead atoms. The Kier molecular flexibility index (Phi) is 10.9. The molecule has 11 nitrogen and oxygen atoms in total. The van der Waals surface area contributed by atoms with Crippen LogP contribution in [0.1, 0.15) is 41.0 Å². The van der Waals surface area contributed by atoms with E-state index in [4.69, 9.17) is 32.5 Å². The van der Waals surface area contributed by atoms with Crippen molar-refractivity contribution in [2.24, 2.45) is 5.92 Å². The highest BCUT2D eigenvalue weighted by Gasteiger charge is 2.28. The number of carbonyl (C=O) groups excluding carboxylic acids is 4. The number of hydrogen-bond acceptors (Lipinski definition) is 8. The molecule has 0 saturated carbocycles. The molecule has 13 heteroatoms. The number of amides is 3. The molecule has 2 aromatic heterocycles. The number of halogens is 2. The minimum Gasteiger partial charge on any atom is -0.444 e. The SMILES string of the molecule is CC(C)C(NC(=O)CNC(=O)OC(C)(C)C)C(=O)CCN(C(=O)C(Cl)Cl)c1ccnc(-c2ccno2)c1. The quantitative estimate of drug-likeness (QED) is 0.401. The lowest BCUT2D eigenvalue weighted by atomic mass is 9.97. The maximum absolute atomic E-state index is 13.1. The third-order valence-corrected chi connectivity index (χ3v) is 5.28. The summed E-state index contributed by atoms with van der Waals surface area (Å²) in [4.78, 5) is 54.1. The summed E-state index contributed by atoms with van der Waals surface area (Å²) >= 11 is 11.7. The topological polar surface area (TPSA) is 144 Å². The summed E-state index contributed by atoms with van der Waals surface area (Å²) in [5, 5.41) is 8.63. The maximum Gasteiger partial charge on any atom is 0.408 e. The molecule has 0 spiro atoms. The van der Waals surface area contributed by atoms with Crippen molar-refractivity contribution >= 4 is 52.6 Å². The van der Waals surface area contributed by atoms with E-state index in [-0.39, 0.29) is 31.2 Å². The van der Waals surface area contributed by atoms with E-state index >= 15 is 0 Å². The molecular formula is C24H31Cl2N5O6. The average Bonchev–Trinajstić information content (AvgIpc) is 3.35. The van der Waals surface area contributed by atoms with Gasteiger partial charge in [-0.05, 0) is 38.8 Å². The van der Waals surface area contributed by atoms with Gasteiger partial charge in [-0.3, -0.25) is 19.4 Å². The van der Waals surface area contributed by atoms with Crippen LogP contribution >= 0.6 is 23.2 Å². The van der Waals surface area contributed by atoms with Crippen molar-refractivity contribution in [3.63, 3.8) is 0 Å². The third-order valence-electron chi connectivity index (χ3n) is 4.90. The molecule has 202 valence electrons. The molecule has 0 radical (unpaired) electrons. The van der Waals surface area contributed by atoms with Crippen LogP contribution in [-0.4, -0.2) is 63.4 Å². The predicted octanol–water partition coefficient (Wildman–Crippen LogP) is 3.50. The minimum atomic E-state index is -1.36. The van der Waals surface area contributed by atoms with Gasteiger partial charge in [0, 0.05) is 30.9 Å². The van der Waals surface area contributed by atoms with E-state index in [1.165, 1.54) is 17.3 Å². The zero-order valence-corrected chi connectivity index (χ0v) is 22.8. The molecule has 37 heavy (non-hydrogen) atoms. The monoisotopic (exact) mass is 555 g/mol. The van der Waals surface area contributed by atoms with Gasteiger partial charge in [0.05, 0.1) is 12.2 Å². The number of nitrogens with one attached hydrogen (secondary N) is 2. The van der Waals surface area contributed by atoms with Crippen molar-refractivity contribution in [2.45, 2.75) is 57.5 Å². The largest absolute Gasteiger partial charge is 0.444 e. The average molecular weight is 556 g/mol. The van der Waals surface area contributed by atoms with Gasteiger partial charge in [0.1, 0.15) is 17.8 Å². The molecule has 0 aliphatic rings. The Morgan fingerprint density at radius 1 is 1.14 bits per heavy atom. The number of anilines is 1. The van der Waals surface area contributed by atoms with Crippen LogP contribution in [0.15, 0.2) is 35.1 Å². The number of ether oxygens (including phenoxy) is 1. The maximum atomic E-state index is 13.1. The van der Waals surface area contributed by atoms with Crippen LogP contribution in [0, 0.1) is 5.92 Å². The summed E-state index contributed by atoms with van der Waals surface area (Å²) in [5.41, 5.74) is 0.109. The number of aromatic nitrogens is 2. The van der Waals surface area contributed by atoms with Gasteiger partial charge >= 0.3 is 6.09 Å². The summed E-state index contributed by atoms with van der Waals surface area (Å²) in [7, 11) is 0. The molecule has 2 rings (SSSR count). The highest BCUT2D eigenvalue weighted by atomic mass is 35.5. The molecule has 2 N–H and O–H groups in total. The molecule has 2 aromatic rings. The van der Waals surface area contributed by atoms with Gasteiger partial charge in [0.15, 0.2) is 16.4 Å². The van der Waals surface area contributed by atoms with Crippen LogP contribution < -0.4 is 15.5 Å². The number of alkyl carbamates (subject to hydrolysis) is 1. The zero-order chi connectivity index (χ0) is 27.8. The Bertz CT molecular complexity index is 1090. The van der Waals surface area contributed by atoms with E-state index in [0.717, 1.165) is 0 Å². The van der Waals surface area contributed by atoms with Gasteiger partial charge in [0.25, 0.3) is 5.91 Å². The highest BCUT2D eigenvalue weighted by Crippen LogP contribution is 2.24. The Labute approximate surface area is 225 Å². The first kappa shape index (κ1) is 30.0. The lowest BCUT2D eigenvalue weighted by molar-refractivity contribution is -0.128. The second-order valence-corrected chi connectivity index (χ2v) is 10.5. The molecule has 0 aliphatic carbocycles. The molecule has 3 amide bonds. The van der Waals surface area contributed by atoms with Gasteiger partial charge < -0.3 is 24.8 Å². The highest BCUT2D eigenvalue weighted by molar-refractivity contribution is 6.54. The Hall–Kier alpha value is -3.18. The van der Waals surface area contributed by atoms with E-state index in [1.54, 1.807) is 52.8 Å². The van der Waals surface area contributed by atoms with Crippen molar-refractivity contribution < 1.29 is 28.4 Å². The van der Waals surface area contributed by atoms with Crippen molar-refractivity contribution in [2.75, 3.05) is 18.0 Å². The molecule has 0 aromatic carbocycles. The van der Waals surface area contributed by atoms with Gasteiger partial charge in [0.2, 0.25) is 5.91 Å². The first-order chi connectivity index (χ1) is 17.3. The molecule has 2 heterocycles. The molecule has 0 fully saturated rings. The molecule has 1 atom stereocenters. The van der Waals surface area contributed by atoms with Gasteiger partial charge in [-0.25, -0.2) is 4.79 Å². The number of carbonyl (C=O) groups is 4. The summed E-state index contributed by atoms with van der Waals surface area (Å²) in [6.07, 6.45) is 2.08. The second-order valence-electron chi connectivity index (χ2n) is 9.43. The van der Waals surface area contributed by atoms with Gasteiger partial charge in [-0.2, -0.15) is 0 Å². The number of ketones is 1. The minimum absolute atomic E-state index is 0.0529. The fraction of sp³-hybridized carbons (Fsp3) is 0.500. The van der Waals surface area contributed by atoms with Crippen molar-refractivity contribution in [3.8, 4) is 11.5 Å². The van der Waals surface area contributed by atoms with E-state index in [2.05, 4.69) is 20.8 Å². The van der Waals surface area contributed by atoms with Gasteiger partial charge in [-0.1, -0.05) is 42.2 Å². The van der Waals surface area contributed by atoms with Crippen molar-refractivity contribution in [1.29, 1.82) is 0 Å². The van der Waals surface area contributed by atoms with E-state index in [1.807, 2.05) is 0 Å². The van der Waals surface area contributed by atoms with Crippen LogP contribution in [0.2, 0.25) is 0 Å². The van der Waals surface area contributed by atoms with E-state index < -0.39 is 34.4 Å². The number of nitrogens with zero attached hydrogens (tertiary/aromatic N) is 3. The molecular weight excluding hydrogens is 525 g/mol. The fourth-order valence-corrected chi connectivity index (χ4v) is 3.48. The first-order valence-electron chi connectivity index (χ1n) is 11.5. The van der Waals surface area contributed by atoms with Gasteiger partial charge in [-0.15, -0.1) is 0 Å².